The summed E-state index contributed by atoms with van der Waals surface area (Å²) in [6.45, 7) is 1.13. The molecule has 0 aromatic heterocycles. The summed E-state index contributed by atoms with van der Waals surface area (Å²) in [6.07, 6.45) is 0. The van der Waals surface area contributed by atoms with E-state index >= 15 is 0 Å². The Balaban J connectivity index is 1.84. The van der Waals surface area contributed by atoms with Gasteiger partial charge in [-0.1, -0.05) is 30.3 Å². The van der Waals surface area contributed by atoms with Gasteiger partial charge in [0, 0.05) is 22.8 Å². The molecule has 106 valence electrons. The van der Waals surface area contributed by atoms with Crippen LogP contribution in [0.25, 0.3) is 0 Å². The molecule has 0 fully saturated rings. The first-order valence-corrected chi connectivity index (χ1v) is 7.50. The first-order valence-electron chi connectivity index (χ1n) is 6.51. The molecule has 0 aliphatic heterocycles. The Morgan fingerprint density at radius 1 is 1.00 bits per heavy atom. The zero-order valence-electron chi connectivity index (χ0n) is 11.5. The van der Waals surface area contributed by atoms with Crippen LogP contribution in [0.1, 0.15) is 5.56 Å². The molecule has 2 aromatic carbocycles. The molecule has 3 nitrogen and oxygen atoms in total. The molecule has 0 amide bonds. The Morgan fingerprint density at radius 3 is 2.45 bits per heavy atom. The number of benzene rings is 2. The average molecular weight is 289 g/mol. The van der Waals surface area contributed by atoms with Crippen molar-refractivity contribution in [2.75, 3.05) is 19.5 Å². The SMILES string of the molecule is COc1ccccc1SCCOc1ccccc1CN. The third-order valence-electron chi connectivity index (χ3n) is 2.86. The summed E-state index contributed by atoms with van der Waals surface area (Å²) in [7, 11) is 1.69. The summed E-state index contributed by atoms with van der Waals surface area (Å²) < 4.78 is 11.1. The van der Waals surface area contributed by atoms with Gasteiger partial charge in [0.1, 0.15) is 11.5 Å². The highest BCUT2D eigenvalue weighted by Crippen LogP contribution is 2.28. The number of nitrogens with two attached hydrogens (primary N) is 1. The van der Waals surface area contributed by atoms with Crippen molar-refractivity contribution in [1.82, 2.24) is 0 Å². The monoisotopic (exact) mass is 289 g/mol. The largest absolute Gasteiger partial charge is 0.496 e. The molecule has 0 radical (unpaired) electrons. The topological polar surface area (TPSA) is 44.5 Å². The van der Waals surface area contributed by atoms with Crippen molar-refractivity contribution in [2.24, 2.45) is 5.73 Å². The average Bonchev–Trinajstić information content (AvgIpc) is 2.52. The summed E-state index contributed by atoms with van der Waals surface area (Å²) in [5.74, 6) is 2.63. The number of hydrogen-bond acceptors (Lipinski definition) is 4. The third kappa shape index (κ3) is 3.92. The number of rotatable bonds is 7. The van der Waals surface area contributed by atoms with Gasteiger partial charge in [0.2, 0.25) is 0 Å². The lowest BCUT2D eigenvalue weighted by Crippen LogP contribution is -2.05. The second kappa shape index (κ2) is 7.82. The zero-order chi connectivity index (χ0) is 14.2. The third-order valence-corrected chi connectivity index (χ3v) is 3.88. The maximum Gasteiger partial charge on any atom is 0.132 e. The molecule has 0 bridgehead atoms. The molecule has 0 heterocycles. The molecule has 4 heteroatoms. The Labute approximate surface area is 124 Å². The first-order chi connectivity index (χ1) is 9.85. The predicted molar refractivity (Wildman–Crippen MR) is 83.5 cm³/mol. The van der Waals surface area contributed by atoms with Crippen molar-refractivity contribution >= 4 is 11.8 Å². The Hall–Kier alpha value is -1.65. The molecule has 20 heavy (non-hydrogen) atoms. The van der Waals surface area contributed by atoms with Gasteiger partial charge >= 0.3 is 0 Å². The first kappa shape index (κ1) is 14.8. The summed E-state index contributed by atoms with van der Waals surface area (Å²) in [5.41, 5.74) is 6.72. The number of methoxy groups -OCH3 is 1. The number of ether oxygens (including phenoxy) is 2. The van der Waals surface area contributed by atoms with E-state index in [1.54, 1.807) is 18.9 Å². The van der Waals surface area contributed by atoms with Crippen molar-refractivity contribution < 1.29 is 9.47 Å². The minimum absolute atomic E-state index is 0.496. The Kier molecular flexibility index (Phi) is 5.77. The van der Waals surface area contributed by atoms with Crippen molar-refractivity contribution in [3.05, 3.63) is 54.1 Å². The van der Waals surface area contributed by atoms with Crippen molar-refractivity contribution in [3.8, 4) is 11.5 Å². The van der Waals surface area contributed by atoms with Gasteiger partial charge < -0.3 is 15.2 Å². The van der Waals surface area contributed by atoms with Gasteiger partial charge in [0.05, 0.1) is 13.7 Å². The molecule has 0 aliphatic rings. The van der Waals surface area contributed by atoms with Gasteiger partial charge in [-0.25, -0.2) is 0 Å². The fourth-order valence-electron chi connectivity index (χ4n) is 1.85. The van der Waals surface area contributed by atoms with E-state index in [1.807, 2.05) is 42.5 Å². The maximum atomic E-state index is 5.78. The van der Waals surface area contributed by atoms with Crippen LogP contribution < -0.4 is 15.2 Å². The van der Waals surface area contributed by atoms with Crippen molar-refractivity contribution in [2.45, 2.75) is 11.4 Å². The molecular weight excluding hydrogens is 270 g/mol. The van der Waals surface area contributed by atoms with Crippen LogP contribution in [0, 0.1) is 0 Å². The number of hydrogen-bond donors (Lipinski definition) is 1. The highest BCUT2D eigenvalue weighted by molar-refractivity contribution is 7.99. The second-order valence-corrected chi connectivity index (χ2v) is 5.30. The van der Waals surface area contributed by atoms with Gasteiger partial charge in [-0.3, -0.25) is 0 Å². The normalized spacial score (nSPS) is 10.3. The predicted octanol–water partition coefficient (Wildman–Crippen LogP) is 3.33. The van der Waals surface area contributed by atoms with E-state index in [4.69, 9.17) is 15.2 Å². The van der Waals surface area contributed by atoms with Crippen molar-refractivity contribution in [3.63, 3.8) is 0 Å². The minimum Gasteiger partial charge on any atom is -0.496 e. The van der Waals surface area contributed by atoms with E-state index in [9.17, 15) is 0 Å². The molecule has 0 aliphatic carbocycles. The number of thioether (sulfide) groups is 1. The van der Waals surface area contributed by atoms with Crippen LogP contribution in [0.15, 0.2) is 53.4 Å². The summed E-state index contributed by atoms with van der Waals surface area (Å²) in [6, 6.07) is 15.9. The highest BCUT2D eigenvalue weighted by Gasteiger charge is 2.03. The molecule has 0 saturated heterocycles. The van der Waals surface area contributed by atoms with E-state index in [-0.39, 0.29) is 0 Å². The van der Waals surface area contributed by atoms with E-state index in [2.05, 4.69) is 6.07 Å². The quantitative estimate of drug-likeness (QED) is 0.627. The van der Waals surface area contributed by atoms with Crippen molar-refractivity contribution in [1.29, 1.82) is 0 Å². The van der Waals surface area contributed by atoms with Gasteiger partial charge in [-0.2, -0.15) is 0 Å². The summed E-state index contributed by atoms with van der Waals surface area (Å²) in [5, 5.41) is 0. The lowest BCUT2D eigenvalue weighted by molar-refractivity contribution is 0.340. The van der Waals surface area contributed by atoms with Crippen LogP contribution in [0.3, 0.4) is 0 Å². The maximum absolute atomic E-state index is 5.78. The standard InChI is InChI=1S/C16H19NO2S/c1-18-15-8-4-5-9-16(15)20-11-10-19-14-7-3-2-6-13(14)12-17/h2-9H,10-12,17H2,1H3. The molecular formula is C16H19NO2S. The van der Waals surface area contributed by atoms with E-state index in [0.29, 0.717) is 13.2 Å². The highest BCUT2D eigenvalue weighted by atomic mass is 32.2. The molecule has 2 N–H and O–H groups in total. The minimum atomic E-state index is 0.496. The van der Waals surface area contributed by atoms with E-state index < -0.39 is 0 Å². The Morgan fingerprint density at radius 2 is 1.70 bits per heavy atom. The van der Waals surface area contributed by atoms with Gasteiger partial charge in [-0.05, 0) is 18.2 Å². The van der Waals surface area contributed by atoms with E-state index in [1.165, 1.54) is 0 Å². The molecule has 0 saturated carbocycles. The van der Waals surface area contributed by atoms with Gasteiger partial charge in [0.15, 0.2) is 0 Å². The molecule has 2 rings (SSSR count). The van der Waals surface area contributed by atoms with Crippen LogP contribution in [-0.4, -0.2) is 19.5 Å². The molecule has 0 unspecified atom stereocenters. The summed E-state index contributed by atoms with van der Waals surface area (Å²) in [4.78, 5) is 1.13. The smallest absolute Gasteiger partial charge is 0.132 e. The van der Waals surface area contributed by atoms with Crippen LogP contribution in [-0.2, 0) is 6.54 Å². The van der Waals surface area contributed by atoms with Crippen LogP contribution in [0.4, 0.5) is 0 Å². The van der Waals surface area contributed by atoms with Crippen LogP contribution >= 0.6 is 11.8 Å². The van der Waals surface area contributed by atoms with Crippen LogP contribution in [0.2, 0.25) is 0 Å². The molecule has 2 aromatic rings. The molecule has 0 spiro atoms. The number of para-hydroxylation sites is 2. The fraction of sp³-hybridized carbons (Fsp3) is 0.250. The second-order valence-electron chi connectivity index (χ2n) is 4.16. The van der Waals surface area contributed by atoms with Gasteiger partial charge in [-0.15, -0.1) is 11.8 Å². The lowest BCUT2D eigenvalue weighted by Gasteiger charge is -2.11. The zero-order valence-corrected chi connectivity index (χ0v) is 12.4. The van der Waals surface area contributed by atoms with Gasteiger partial charge in [0.25, 0.3) is 0 Å². The fourth-order valence-corrected chi connectivity index (χ4v) is 2.71. The van der Waals surface area contributed by atoms with Crippen LogP contribution in [0.5, 0.6) is 11.5 Å². The lowest BCUT2D eigenvalue weighted by atomic mass is 10.2. The van der Waals surface area contributed by atoms with E-state index in [0.717, 1.165) is 27.7 Å². The Bertz CT molecular complexity index is 496. The summed E-state index contributed by atoms with van der Waals surface area (Å²) >= 11 is 1.72. The molecule has 0 atom stereocenters.